The third-order valence-electron chi connectivity index (χ3n) is 4.72. The third-order valence-corrected chi connectivity index (χ3v) is 4.72. The monoisotopic (exact) mass is 352 g/mol. The summed E-state index contributed by atoms with van der Waals surface area (Å²) in [4.78, 5) is 26.1. The lowest BCUT2D eigenvalue weighted by molar-refractivity contribution is 0.0723. The average molecular weight is 352 g/mol. The number of rotatable bonds is 2. The smallest absolute Gasteiger partial charge is 0.270 e. The first-order valence-electron chi connectivity index (χ1n) is 8.31. The van der Waals surface area contributed by atoms with Gasteiger partial charge in [0.2, 0.25) is 0 Å². The van der Waals surface area contributed by atoms with E-state index in [2.05, 4.69) is 10.2 Å². The molecule has 26 heavy (non-hydrogen) atoms. The highest BCUT2D eigenvalue weighted by Gasteiger charge is 2.25. The van der Waals surface area contributed by atoms with Crippen molar-refractivity contribution in [2.75, 3.05) is 6.54 Å². The molecule has 132 valence electrons. The van der Waals surface area contributed by atoms with Gasteiger partial charge in [-0.25, -0.2) is 9.49 Å². The van der Waals surface area contributed by atoms with E-state index in [1.807, 2.05) is 13.1 Å². The van der Waals surface area contributed by atoms with Gasteiger partial charge in [0.25, 0.3) is 11.5 Å². The second kappa shape index (κ2) is 6.25. The minimum atomic E-state index is -0.296. The minimum absolute atomic E-state index is 0.105. The number of amides is 1. The van der Waals surface area contributed by atoms with Crippen LogP contribution >= 0.6 is 0 Å². The van der Waals surface area contributed by atoms with Gasteiger partial charge in [-0.15, -0.1) is 0 Å². The zero-order valence-corrected chi connectivity index (χ0v) is 14.2. The van der Waals surface area contributed by atoms with Crippen LogP contribution in [0.5, 0.6) is 0 Å². The number of carbonyl (C=O) groups is 1. The number of fused-ring (bicyclic) bond motifs is 1. The highest BCUT2D eigenvalue weighted by atomic mass is 19.1. The van der Waals surface area contributed by atoms with Gasteiger partial charge in [0, 0.05) is 43.9 Å². The van der Waals surface area contributed by atoms with Crippen LogP contribution in [0.2, 0.25) is 0 Å². The van der Waals surface area contributed by atoms with Crippen LogP contribution in [0.15, 0.2) is 47.3 Å². The molecule has 4 rings (SSSR count). The van der Waals surface area contributed by atoms with Crippen LogP contribution in [0.25, 0.3) is 11.3 Å². The molecule has 0 unspecified atom stereocenters. The number of nitrogens with one attached hydrogen (secondary N) is 1. The van der Waals surface area contributed by atoms with Crippen LogP contribution in [0, 0.1) is 5.82 Å². The summed E-state index contributed by atoms with van der Waals surface area (Å²) in [7, 11) is 1.82. The molecule has 0 atom stereocenters. The van der Waals surface area contributed by atoms with Gasteiger partial charge in [0.15, 0.2) is 0 Å². The Hall–Kier alpha value is -3.22. The third kappa shape index (κ3) is 2.81. The summed E-state index contributed by atoms with van der Waals surface area (Å²) in [5.74, 6) is -0.401. The molecule has 0 radical (unpaired) electrons. The number of nitrogens with zero attached hydrogens (tertiary/aromatic N) is 3. The molecule has 7 heteroatoms. The van der Waals surface area contributed by atoms with Crippen molar-refractivity contribution in [3.05, 3.63) is 75.6 Å². The Morgan fingerprint density at radius 2 is 1.96 bits per heavy atom. The summed E-state index contributed by atoms with van der Waals surface area (Å²) >= 11 is 0. The molecule has 1 aliphatic rings. The Balaban J connectivity index is 1.61. The maximum Gasteiger partial charge on any atom is 0.270 e. The molecule has 0 aliphatic carbocycles. The molecular formula is C19H17FN4O2. The quantitative estimate of drug-likeness (QED) is 0.768. The van der Waals surface area contributed by atoms with Crippen molar-refractivity contribution in [1.29, 1.82) is 0 Å². The SMILES string of the molecule is Cn1c(C(=O)N2CCc3n[nH]c(=O)cc3C2)ccc1-c1ccc(F)cc1. The Bertz CT molecular complexity index is 1040. The van der Waals surface area contributed by atoms with E-state index in [0.29, 0.717) is 25.2 Å². The van der Waals surface area contributed by atoms with Gasteiger partial charge in [0.1, 0.15) is 11.5 Å². The van der Waals surface area contributed by atoms with Gasteiger partial charge in [-0.05, 0) is 42.0 Å². The number of aromatic nitrogens is 3. The summed E-state index contributed by atoms with van der Waals surface area (Å²) in [6, 6.07) is 11.3. The van der Waals surface area contributed by atoms with Crippen molar-refractivity contribution >= 4 is 5.91 Å². The largest absolute Gasteiger partial charge is 0.340 e. The first kappa shape index (κ1) is 16.3. The van der Waals surface area contributed by atoms with Crippen LogP contribution in [-0.4, -0.2) is 32.1 Å². The number of halogens is 1. The molecule has 0 bridgehead atoms. The molecule has 1 aromatic carbocycles. The Morgan fingerprint density at radius 1 is 1.19 bits per heavy atom. The van der Waals surface area contributed by atoms with Crippen molar-refractivity contribution in [3.8, 4) is 11.3 Å². The molecule has 1 N–H and O–H groups in total. The van der Waals surface area contributed by atoms with Crippen molar-refractivity contribution in [1.82, 2.24) is 19.7 Å². The van der Waals surface area contributed by atoms with E-state index >= 15 is 0 Å². The highest BCUT2D eigenvalue weighted by Crippen LogP contribution is 2.24. The van der Waals surface area contributed by atoms with Crippen LogP contribution in [0.3, 0.4) is 0 Å². The topological polar surface area (TPSA) is 71.0 Å². The first-order chi connectivity index (χ1) is 12.5. The van der Waals surface area contributed by atoms with Gasteiger partial charge in [-0.3, -0.25) is 9.59 Å². The number of carbonyl (C=O) groups excluding carboxylic acids is 1. The van der Waals surface area contributed by atoms with Crippen molar-refractivity contribution < 1.29 is 9.18 Å². The lowest BCUT2D eigenvalue weighted by Gasteiger charge is -2.28. The number of benzene rings is 1. The zero-order chi connectivity index (χ0) is 18.3. The van der Waals surface area contributed by atoms with Crippen molar-refractivity contribution in [2.24, 2.45) is 7.05 Å². The van der Waals surface area contributed by atoms with Crippen LogP contribution in [0.1, 0.15) is 21.7 Å². The lowest BCUT2D eigenvalue weighted by atomic mass is 10.1. The number of hydrogen-bond donors (Lipinski definition) is 1. The predicted octanol–water partition coefficient (Wildman–Crippen LogP) is 2.11. The fourth-order valence-electron chi connectivity index (χ4n) is 3.32. The fraction of sp³-hybridized carbons (Fsp3) is 0.211. The number of H-pyrrole nitrogens is 1. The fourth-order valence-corrected chi connectivity index (χ4v) is 3.32. The van der Waals surface area contributed by atoms with E-state index in [0.717, 1.165) is 22.5 Å². The summed E-state index contributed by atoms with van der Waals surface area (Å²) in [6.07, 6.45) is 0.604. The van der Waals surface area contributed by atoms with Gasteiger partial charge in [-0.1, -0.05) is 0 Å². The van der Waals surface area contributed by atoms with Crippen molar-refractivity contribution in [2.45, 2.75) is 13.0 Å². The van der Waals surface area contributed by atoms with Crippen LogP contribution < -0.4 is 5.56 Å². The average Bonchev–Trinajstić information content (AvgIpc) is 3.02. The molecule has 1 amide bonds. The van der Waals surface area contributed by atoms with E-state index in [1.54, 1.807) is 27.7 Å². The summed E-state index contributed by atoms with van der Waals surface area (Å²) < 4.78 is 14.9. The van der Waals surface area contributed by atoms with Gasteiger partial charge in [0.05, 0.1) is 5.69 Å². The summed E-state index contributed by atoms with van der Waals surface area (Å²) in [6.45, 7) is 0.907. The van der Waals surface area contributed by atoms with Crippen LogP contribution in [0.4, 0.5) is 4.39 Å². The molecule has 6 nitrogen and oxygen atoms in total. The summed E-state index contributed by atoms with van der Waals surface area (Å²) in [5.41, 5.74) is 3.56. The standard InChI is InChI=1S/C19H17FN4O2/c1-23-16(12-2-4-14(20)5-3-12)6-7-17(23)19(26)24-9-8-15-13(11-24)10-18(25)22-21-15/h2-7,10H,8-9,11H2,1H3,(H,22,25). The minimum Gasteiger partial charge on any atom is -0.340 e. The Morgan fingerprint density at radius 3 is 2.73 bits per heavy atom. The molecular weight excluding hydrogens is 335 g/mol. The molecule has 2 aromatic heterocycles. The normalized spacial score (nSPS) is 13.5. The van der Waals surface area contributed by atoms with Gasteiger partial charge < -0.3 is 9.47 Å². The summed E-state index contributed by atoms with van der Waals surface area (Å²) in [5, 5.41) is 6.47. The van der Waals surface area contributed by atoms with E-state index < -0.39 is 0 Å². The Labute approximate surface area is 148 Å². The first-order valence-corrected chi connectivity index (χ1v) is 8.31. The van der Waals surface area contributed by atoms with Crippen molar-refractivity contribution in [3.63, 3.8) is 0 Å². The molecule has 3 heterocycles. The van der Waals surface area contributed by atoms with E-state index in [-0.39, 0.29) is 17.3 Å². The Kier molecular flexibility index (Phi) is 3.91. The highest BCUT2D eigenvalue weighted by molar-refractivity contribution is 5.94. The molecule has 1 aliphatic heterocycles. The lowest BCUT2D eigenvalue weighted by Crippen LogP contribution is -2.38. The number of aromatic amines is 1. The molecule has 0 fully saturated rings. The maximum absolute atomic E-state index is 13.1. The maximum atomic E-state index is 13.1. The predicted molar refractivity (Wildman–Crippen MR) is 94.1 cm³/mol. The second-order valence-electron chi connectivity index (χ2n) is 6.35. The molecule has 0 spiro atoms. The van der Waals surface area contributed by atoms with E-state index in [1.165, 1.54) is 18.2 Å². The van der Waals surface area contributed by atoms with Gasteiger partial charge in [-0.2, -0.15) is 5.10 Å². The van der Waals surface area contributed by atoms with Crippen LogP contribution in [-0.2, 0) is 20.0 Å². The second-order valence-corrected chi connectivity index (χ2v) is 6.35. The van der Waals surface area contributed by atoms with E-state index in [9.17, 15) is 14.0 Å². The van der Waals surface area contributed by atoms with Gasteiger partial charge >= 0.3 is 0 Å². The molecule has 3 aromatic rings. The molecule has 0 saturated heterocycles. The molecule has 0 saturated carbocycles. The number of hydrogen-bond acceptors (Lipinski definition) is 3. The van der Waals surface area contributed by atoms with E-state index in [4.69, 9.17) is 0 Å². The zero-order valence-electron chi connectivity index (χ0n) is 14.2.